The Hall–Kier alpha value is -1.35. The monoisotopic (exact) mass is 300 g/mol. The third kappa shape index (κ3) is 2.36. The highest BCUT2D eigenvalue weighted by Gasteiger charge is 2.56. The Kier molecular flexibility index (Phi) is 3.80. The number of likely N-dealkylation sites (tertiary alicyclic amines) is 1. The molecule has 1 heterocycles. The fraction of sp³-hybridized carbons (Fsp3) is 0.632. The van der Waals surface area contributed by atoms with E-state index < -0.39 is 0 Å². The van der Waals surface area contributed by atoms with Gasteiger partial charge in [-0.1, -0.05) is 32.9 Å². The van der Waals surface area contributed by atoms with Gasteiger partial charge in [-0.15, -0.1) is 0 Å². The first-order chi connectivity index (χ1) is 10.4. The molecule has 3 heteroatoms. The molecule has 2 atom stereocenters. The van der Waals surface area contributed by atoms with Crippen molar-refractivity contribution in [2.45, 2.75) is 40.2 Å². The van der Waals surface area contributed by atoms with E-state index in [0.29, 0.717) is 11.3 Å². The van der Waals surface area contributed by atoms with Gasteiger partial charge < -0.3 is 10.2 Å². The lowest BCUT2D eigenvalue weighted by molar-refractivity contribution is -0.0107. The van der Waals surface area contributed by atoms with E-state index in [1.165, 1.54) is 18.4 Å². The van der Waals surface area contributed by atoms with Crippen molar-refractivity contribution >= 4 is 5.91 Å². The Morgan fingerprint density at radius 2 is 1.95 bits per heavy atom. The first-order valence-corrected chi connectivity index (χ1v) is 8.40. The zero-order valence-electron chi connectivity index (χ0n) is 14.3. The maximum atomic E-state index is 12.9. The molecule has 0 aromatic heterocycles. The Morgan fingerprint density at radius 1 is 1.27 bits per heavy atom. The number of benzene rings is 1. The lowest BCUT2D eigenvalue weighted by Gasteiger charge is -2.50. The molecule has 1 saturated heterocycles. The molecule has 2 fully saturated rings. The van der Waals surface area contributed by atoms with Crippen molar-refractivity contribution in [2.24, 2.45) is 16.7 Å². The second-order valence-electron chi connectivity index (χ2n) is 7.93. The Labute approximate surface area is 134 Å². The van der Waals surface area contributed by atoms with Gasteiger partial charge in [0.1, 0.15) is 0 Å². The van der Waals surface area contributed by atoms with Gasteiger partial charge in [-0.2, -0.15) is 0 Å². The summed E-state index contributed by atoms with van der Waals surface area (Å²) in [6.07, 6.45) is 2.50. The lowest BCUT2D eigenvalue weighted by atomic mass is 9.63. The molecular formula is C19H28N2O. The Bertz CT molecular complexity index is 563. The van der Waals surface area contributed by atoms with Crippen molar-refractivity contribution < 1.29 is 4.79 Å². The van der Waals surface area contributed by atoms with Crippen LogP contribution in [0.2, 0.25) is 0 Å². The van der Waals surface area contributed by atoms with Crippen LogP contribution in [0.3, 0.4) is 0 Å². The number of nitrogens with zero attached hydrogens (tertiary/aromatic N) is 1. The molecular weight excluding hydrogens is 272 g/mol. The van der Waals surface area contributed by atoms with E-state index >= 15 is 0 Å². The smallest absolute Gasteiger partial charge is 0.253 e. The quantitative estimate of drug-likeness (QED) is 0.929. The minimum atomic E-state index is 0.199. The Morgan fingerprint density at radius 3 is 2.55 bits per heavy atom. The standard InChI is InChI=1S/C19H28N2O/c1-18(2)16-9-10-19(18,3)13-21(12-16)17(22)15-7-5-14(6-8-15)11-20-4/h5-8,16,20H,9-13H2,1-4H3. The molecule has 3 nitrogen and oxygen atoms in total. The van der Waals surface area contributed by atoms with Crippen LogP contribution in [-0.4, -0.2) is 30.9 Å². The van der Waals surface area contributed by atoms with Gasteiger partial charge in [-0.3, -0.25) is 4.79 Å². The van der Waals surface area contributed by atoms with Gasteiger partial charge in [-0.05, 0) is 54.3 Å². The minimum Gasteiger partial charge on any atom is -0.338 e. The van der Waals surface area contributed by atoms with E-state index in [1.807, 2.05) is 31.3 Å². The molecule has 22 heavy (non-hydrogen) atoms. The SMILES string of the molecule is CNCc1ccc(C(=O)N2CC3CCC(C)(C2)C3(C)C)cc1. The molecule has 2 aliphatic rings. The molecule has 1 aliphatic carbocycles. The third-order valence-corrected chi connectivity index (χ3v) is 6.47. The van der Waals surface area contributed by atoms with Gasteiger partial charge in [-0.25, -0.2) is 0 Å². The van der Waals surface area contributed by atoms with Crippen LogP contribution >= 0.6 is 0 Å². The van der Waals surface area contributed by atoms with E-state index in [0.717, 1.165) is 25.2 Å². The van der Waals surface area contributed by atoms with Gasteiger partial charge >= 0.3 is 0 Å². The molecule has 0 radical (unpaired) electrons. The first-order valence-electron chi connectivity index (χ1n) is 8.40. The normalized spacial score (nSPS) is 29.6. The highest BCUT2D eigenvalue weighted by Crippen LogP contribution is 2.59. The number of carbonyl (C=O) groups excluding carboxylic acids is 1. The number of hydrogen-bond donors (Lipinski definition) is 1. The molecule has 120 valence electrons. The average molecular weight is 300 g/mol. The summed E-state index contributed by atoms with van der Waals surface area (Å²) in [5.41, 5.74) is 2.64. The molecule has 1 aromatic carbocycles. The maximum absolute atomic E-state index is 12.9. The fourth-order valence-corrected chi connectivity index (χ4v) is 4.33. The topological polar surface area (TPSA) is 32.3 Å². The van der Waals surface area contributed by atoms with Crippen molar-refractivity contribution in [1.29, 1.82) is 0 Å². The summed E-state index contributed by atoms with van der Waals surface area (Å²) in [7, 11) is 1.94. The molecule has 1 N–H and O–H groups in total. The largest absolute Gasteiger partial charge is 0.338 e. The van der Waals surface area contributed by atoms with Gasteiger partial charge in [0, 0.05) is 25.2 Å². The highest BCUT2D eigenvalue weighted by atomic mass is 16.2. The van der Waals surface area contributed by atoms with Crippen LogP contribution in [0, 0.1) is 16.7 Å². The number of piperidine rings is 1. The average Bonchev–Trinajstić information content (AvgIpc) is 2.65. The second-order valence-corrected chi connectivity index (χ2v) is 7.93. The summed E-state index contributed by atoms with van der Waals surface area (Å²) in [6, 6.07) is 8.04. The molecule has 2 unspecified atom stereocenters. The lowest BCUT2D eigenvalue weighted by Crippen LogP contribution is -2.53. The van der Waals surface area contributed by atoms with Crippen molar-refractivity contribution in [3.8, 4) is 0 Å². The van der Waals surface area contributed by atoms with Crippen LogP contribution in [0.4, 0.5) is 0 Å². The van der Waals surface area contributed by atoms with Crippen molar-refractivity contribution in [3.05, 3.63) is 35.4 Å². The third-order valence-electron chi connectivity index (χ3n) is 6.47. The van der Waals surface area contributed by atoms with Crippen LogP contribution in [0.25, 0.3) is 0 Å². The number of rotatable bonds is 3. The number of carbonyl (C=O) groups is 1. The molecule has 1 saturated carbocycles. The molecule has 1 amide bonds. The Balaban J connectivity index is 1.77. The fourth-order valence-electron chi connectivity index (χ4n) is 4.33. The van der Waals surface area contributed by atoms with Crippen LogP contribution in [-0.2, 0) is 6.54 Å². The van der Waals surface area contributed by atoms with Crippen LogP contribution in [0.5, 0.6) is 0 Å². The summed E-state index contributed by atoms with van der Waals surface area (Å²) in [4.78, 5) is 14.9. The van der Waals surface area contributed by atoms with E-state index in [9.17, 15) is 4.79 Å². The highest BCUT2D eigenvalue weighted by molar-refractivity contribution is 5.94. The summed E-state index contributed by atoms with van der Waals surface area (Å²) in [5, 5.41) is 3.13. The molecule has 1 aromatic rings. The molecule has 3 rings (SSSR count). The van der Waals surface area contributed by atoms with Gasteiger partial charge in [0.05, 0.1) is 0 Å². The second kappa shape index (κ2) is 5.38. The number of fused-ring (bicyclic) bond motifs is 2. The van der Waals surface area contributed by atoms with Gasteiger partial charge in [0.2, 0.25) is 0 Å². The number of amides is 1. The van der Waals surface area contributed by atoms with E-state index in [-0.39, 0.29) is 11.3 Å². The number of hydrogen-bond acceptors (Lipinski definition) is 2. The zero-order chi connectivity index (χ0) is 16.0. The predicted molar refractivity (Wildman–Crippen MR) is 89.7 cm³/mol. The summed E-state index contributed by atoms with van der Waals surface area (Å²) >= 11 is 0. The number of nitrogens with one attached hydrogen (secondary N) is 1. The van der Waals surface area contributed by atoms with E-state index in [4.69, 9.17) is 0 Å². The molecule has 1 aliphatic heterocycles. The van der Waals surface area contributed by atoms with Gasteiger partial charge in [0.25, 0.3) is 5.91 Å². The summed E-state index contributed by atoms with van der Waals surface area (Å²) in [6.45, 7) is 9.79. The summed E-state index contributed by atoms with van der Waals surface area (Å²) < 4.78 is 0. The van der Waals surface area contributed by atoms with Crippen molar-refractivity contribution in [2.75, 3.05) is 20.1 Å². The van der Waals surface area contributed by atoms with Gasteiger partial charge in [0.15, 0.2) is 0 Å². The van der Waals surface area contributed by atoms with E-state index in [1.54, 1.807) is 0 Å². The van der Waals surface area contributed by atoms with Crippen LogP contribution in [0.15, 0.2) is 24.3 Å². The van der Waals surface area contributed by atoms with Crippen molar-refractivity contribution in [3.63, 3.8) is 0 Å². The van der Waals surface area contributed by atoms with Crippen LogP contribution in [0.1, 0.15) is 49.5 Å². The maximum Gasteiger partial charge on any atom is 0.253 e. The minimum absolute atomic E-state index is 0.199. The molecule has 2 bridgehead atoms. The molecule has 0 spiro atoms. The summed E-state index contributed by atoms with van der Waals surface area (Å²) in [5.74, 6) is 0.836. The predicted octanol–water partition coefficient (Wildman–Crippen LogP) is 3.30. The van der Waals surface area contributed by atoms with E-state index in [2.05, 4.69) is 31.0 Å². The zero-order valence-corrected chi connectivity index (χ0v) is 14.3. The first kappa shape index (κ1) is 15.5. The van der Waals surface area contributed by atoms with Crippen LogP contribution < -0.4 is 5.32 Å². The van der Waals surface area contributed by atoms with Crippen molar-refractivity contribution in [1.82, 2.24) is 10.2 Å².